The molecule has 0 unspecified atom stereocenters. The highest BCUT2D eigenvalue weighted by molar-refractivity contribution is 5.91. The van der Waals surface area contributed by atoms with Crippen LogP contribution < -0.4 is 5.32 Å². The Morgan fingerprint density at radius 1 is 1.32 bits per heavy atom. The number of carbonyl (C=O) groups excluding carboxylic acids is 1. The molecule has 0 aliphatic heterocycles. The van der Waals surface area contributed by atoms with Crippen LogP contribution in [-0.4, -0.2) is 17.6 Å². The molecule has 0 radical (unpaired) electrons. The molecule has 1 amide bonds. The van der Waals surface area contributed by atoms with Gasteiger partial charge in [-0.2, -0.15) is 0 Å². The number of nitrogens with zero attached hydrogens (tertiary/aromatic N) is 1. The van der Waals surface area contributed by atoms with E-state index in [1.54, 1.807) is 0 Å². The number of amides is 1. The lowest BCUT2D eigenvalue weighted by Crippen LogP contribution is -2.35. The van der Waals surface area contributed by atoms with Gasteiger partial charge < -0.3 is 9.84 Å². The Morgan fingerprint density at radius 2 is 2.05 bits per heavy atom. The molecule has 22 heavy (non-hydrogen) atoms. The fourth-order valence-electron chi connectivity index (χ4n) is 2.61. The van der Waals surface area contributed by atoms with Crippen molar-refractivity contribution in [1.29, 1.82) is 0 Å². The van der Waals surface area contributed by atoms with Gasteiger partial charge in [-0.3, -0.25) is 4.79 Å². The molecule has 1 aliphatic carbocycles. The van der Waals surface area contributed by atoms with Crippen LogP contribution in [0.5, 0.6) is 0 Å². The third kappa shape index (κ3) is 2.91. The summed E-state index contributed by atoms with van der Waals surface area (Å²) in [5.41, 5.74) is 1.28. The summed E-state index contributed by atoms with van der Waals surface area (Å²) in [5, 5.41) is 7.20. The number of benzene rings is 1. The largest absolute Gasteiger partial charge is 0.356 e. The molecule has 1 N–H and O–H groups in total. The van der Waals surface area contributed by atoms with E-state index in [-0.39, 0.29) is 5.91 Å². The summed E-state index contributed by atoms with van der Waals surface area (Å²) >= 11 is 0. The highest BCUT2D eigenvalue weighted by Gasteiger charge is 2.53. The first kappa shape index (κ1) is 14.8. The van der Waals surface area contributed by atoms with Crippen LogP contribution in [0.4, 0.5) is 0 Å². The summed E-state index contributed by atoms with van der Waals surface area (Å²) in [5.74, 6) is 1.39. The van der Waals surface area contributed by atoms with Crippen LogP contribution in [0.25, 0.3) is 11.3 Å². The van der Waals surface area contributed by atoms with Crippen LogP contribution in [-0.2, 0) is 10.2 Å². The molecule has 0 spiro atoms. The minimum atomic E-state index is -0.465. The third-order valence-electron chi connectivity index (χ3n) is 4.25. The maximum Gasteiger partial charge on any atom is 0.232 e. The van der Waals surface area contributed by atoms with E-state index in [0.29, 0.717) is 5.92 Å². The molecule has 4 heteroatoms. The van der Waals surface area contributed by atoms with Crippen LogP contribution in [0.2, 0.25) is 0 Å². The number of nitrogens with one attached hydrogen (secondary N) is 1. The standard InChI is InChI=1S/C18H22N2O2/c1-13(2)8-11-19-17(21)18(9-10-18)16-12-15(22-20-16)14-6-4-3-5-7-14/h3-7,12-13H,8-11H2,1-2H3,(H,19,21). The van der Waals surface area contributed by atoms with Gasteiger partial charge in [0.2, 0.25) is 5.91 Å². The molecular weight excluding hydrogens is 276 g/mol. The van der Waals surface area contributed by atoms with Crippen LogP contribution >= 0.6 is 0 Å². The monoisotopic (exact) mass is 298 g/mol. The highest BCUT2D eigenvalue weighted by Crippen LogP contribution is 2.48. The van der Waals surface area contributed by atoms with Crippen molar-refractivity contribution in [3.63, 3.8) is 0 Å². The molecule has 116 valence electrons. The second-order valence-corrected chi connectivity index (χ2v) is 6.46. The van der Waals surface area contributed by atoms with Gasteiger partial charge in [-0.1, -0.05) is 49.3 Å². The van der Waals surface area contributed by atoms with E-state index < -0.39 is 5.41 Å². The third-order valence-corrected chi connectivity index (χ3v) is 4.25. The second kappa shape index (κ2) is 5.95. The number of hydrogen-bond acceptors (Lipinski definition) is 3. The Labute approximate surface area is 130 Å². The van der Waals surface area contributed by atoms with Gasteiger partial charge in [0.25, 0.3) is 0 Å². The van der Waals surface area contributed by atoms with Crippen molar-refractivity contribution in [3.05, 3.63) is 42.1 Å². The SMILES string of the molecule is CC(C)CCNC(=O)C1(c2cc(-c3ccccc3)on2)CC1. The lowest BCUT2D eigenvalue weighted by Gasteiger charge is -2.13. The minimum Gasteiger partial charge on any atom is -0.356 e. The zero-order chi connectivity index (χ0) is 15.6. The second-order valence-electron chi connectivity index (χ2n) is 6.46. The predicted octanol–water partition coefficient (Wildman–Crippen LogP) is 3.54. The maximum absolute atomic E-state index is 12.5. The molecule has 3 rings (SSSR count). The van der Waals surface area contributed by atoms with E-state index in [9.17, 15) is 4.79 Å². The van der Waals surface area contributed by atoms with Gasteiger partial charge >= 0.3 is 0 Å². The Morgan fingerprint density at radius 3 is 2.68 bits per heavy atom. The van der Waals surface area contributed by atoms with Gasteiger partial charge in [-0.25, -0.2) is 0 Å². The first-order chi connectivity index (χ1) is 10.6. The van der Waals surface area contributed by atoms with E-state index in [0.717, 1.165) is 42.8 Å². The van der Waals surface area contributed by atoms with E-state index in [4.69, 9.17) is 4.52 Å². The van der Waals surface area contributed by atoms with Crippen molar-refractivity contribution < 1.29 is 9.32 Å². The van der Waals surface area contributed by atoms with Crippen molar-refractivity contribution in [3.8, 4) is 11.3 Å². The van der Waals surface area contributed by atoms with Crippen LogP contribution in [0, 0.1) is 5.92 Å². The average Bonchev–Trinajstić information content (AvgIpc) is 3.18. The first-order valence-corrected chi connectivity index (χ1v) is 7.93. The molecule has 4 nitrogen and oxygen atoms in total. The Bertz CT molecular complexity index is 642. The van der Waals surface area contributed by atoms with Crippen molar-refractivity contribution >= 4 is 5.91 Å². The summed E-state index contributed by atoms with van der Waals surface area (Å²) in [6, 6.07) is 11.8. The average molecular weight is 298 g/mol. The van der Waals surface area contributed by atoms with Gasteiger partial charge in [0.15, 0.2) is 5.76 Å². The van der Waals surface area contributed by atoms with E-state index >= 15 is 0 Å². The fourth-order valence-corrected chi connectivity index (χ4v) is 2.61. The topological polar surface area (TPSA) is 55.1 Å². The molecule has 0 bridgehead atoms. The molecule has 1 saturated carbocycles. The lowest BCUT2D eigenvalue weighted by atomic mass is 10.00. The quantitative estimate of drug-likeness (QED) is 0.887. The van der Waals surface area contributed by atoms with Crippen LogP contribution in [0.1, 0.15) is 38.8 Å². The highest BCUT2D eigenvalue weighted by atomic mass is 16.5. The maximum atomic E-state index is 12.5. The van der Waals surface area contributed by atoms with Crippen molar-refractivity contribution in [2.24, 2.45) is 5.92 Å². The predicted molar refractivity (Wildman–Crippen MR) is 85.3 cm³/mol. The van der Waals surface area contributed by atoms with Gasteiger partial charge in [0.1, 0.15) is 0 Å². The molecule has 2 aromatic rings. The minimum absolute atomic E-state index is 0.0843. The zero-order valence-electron chi connectivity index (χ0n) is 13.1. The molecule has 1 heterocycles. The van der Waals surface area contributed by atoms with Crippen LogP contribution in [0.15, 0.2) is 40.9 Å². The summed E-state index contributed by atoms with van der Waals surface area (Å²) in [7, 11) is 0. The number of hydrogen-bond donors (Lipinski definition) is 1. The van der Waals surface area contributed by atoms with E-state index in [1.165, 1.54) is 0 Å². The Kier molecular flexibility index (Phi) is 4.01. The lowest BCUT2D eigenvalue weighted by molar-refractivity contribution is -0.123. The number of aromatic nitrogens is 1. The molecule has 1 fully saturated rings. The van der Waals surface area contributed by atoms with E-state index in [1.807, 2.05) is 36.4 Å². The normalized spacial score (nSPS) is 15.8. The Balaban J connectivity index is 1.71. The molecule has 1 aliphatic rings. The number of rotatable bonds is 6. The smallest absolute Gasteiger partial charge is 0.232 e. The fraction of sp³-hybridized carbons (Fsp3) is 0.444. The summed E-state index contributed by atoms with van der Waals surface area (Å²) in [4.78, 5) is 12.5. The van der Waals surface area contributed by atoms with Gasteiger partial charge in [-0.05, 0) is 25.2 Å². The molecule has 0 atom stereocenters. The Hall–Kier alpha value is -2.10. The molecular formula is C18H22N2O2. The van der Waals surface area contributed by atoms with Crippen molar-refractivity contribution in [2.75, 3.05) is 6.54 Å². The van der Waals surface area contributed by atoms with Crippen LogP contribution in [0.3, 0.4) is 0 Å². The molecule has 1 aromatic carbocycles. The summed E-state index contributed by atoms with van der Waals surface area (Å²) < 4.78 is 5.44. The van der Waals surface area contributed by atoms with Gasteiger partial charge in [-0.15, -0.1) is 0 Å². The van der Waals surface area contributed by atoms with Gasteiger partial charge in [0, 0.05) is 18.2 Å². The van der Waals surface area contributed by atoms with Crippen molar-refractivity contribution in [2.45, 2.75) is 38.5 Å². The van der Waals surface area contributed by atoms with Crippen molar-refractivity contribution in [1.82, 2.24) is 10.5 Å². The molecule has 0 saturated heterocycles. The summed E-state index contributed by atoms with van der Waals surface area (Å²) in [6.45, 7) is 5.03. The zero-order valence-corrected chi connectivity index (χ0v) is 13.1. The first-order valence-electron chi connectivity index (χ1n) is 7.93. The van der Waals surface area contributed by atoms with E-state index in [2.05, 4.69) is 24.3 Å². The molecule has 1 aromatic heterocycles. The van der Waals surface area contributed by atoms with Gasteiger partial charge in [0.05, 0.1) is 11.1 Å². The number of carbonyl (C=O) groups is 1. The summed E-state index contributed by atoms with van der Waals surface area (Å²) in [6.07, 6.45) is 2.69.